The zero-order valence-corrected chi connectivity index (χ0v) is 11.9. The van der Waals surface area contributed by atoms with Crippen LogP contribution in [0.3, 0.4) is 0 Å². The van der Waals surface area contributed by atoms with Crippen LogP contribution in [-0.2, 0) is 9.53 Å². The lowest BCUT2D eigenvalue weighted by atomic mass is 9.74. The zero-order valence-electron chi connectivity index (χ0n) is 11.9. The van der Waals surface area contributed by atoms with E-state index in [9.17, 15) is 9.59 Å². The van der Waals surface area contributed by atoms with Crippen LogP contribution >= 0.6 is 0 Å². The van der Waals surface area contributed by atoms with Crippen molar-refractivity contribution < 1.29 is 19.1 Å². The Labute approximate surface area is 118 Å². The fourth-order valence-corrected chi connectivity index (χ4v) is 3.10. The van der Waals surface area contributed by atoms with Gasteiger partial charge in [-0.3, -0.25) is 9.59 Å². The SMILES string of the molecule is COc1ccc2c(c1)C(=O)C(=O)[C@H]1CCC(C)(C)OC21. The van der Waals surface area contributed by atoms with E-state index in [4.69, 9.17) is 9.47 Å². The molecule has 1 heterocycles. The number of ether oxygens (including phenoxy) is 2. The van der Waals surface area contributed by atoms with Gasteiger partial charge in [0.25, 0.3) is 0 Å². The van der Waals surface area contributed by atoms with E-state index < -0.39 is 5.78 Å². The highest BCUT2D eigenvalue weighted by Crippen LogP contribution is 2.46. The van der Waals surface area contributed by atoms with Gasteiger partial charge in [0.15, 0.2) is 0 Å². The van der Waals surface area contributed by atoms with Crippen molar-refractivity contribution in [2.45, 2.75) is 38.4 Å². The third-order valence-corrected chi connectivity index (χ3v) is 4.24. The van der Waals surface area contributed by atoms with E-state index in [1.165, 1.54) is 0 Å². The normalized spacial score (nSPS) is 27.8. The topological polar surface area (TPSA) is 52.6 Å². The van der Waals surface area contributed by atoms with Crippen molar-refractivity contribution in [2.24, 2.45) is 5.92 Å². The lowest BCUT2D eigenvalue weighted by molar-refractivity contribution is -0.154. The number of Topliss-reactive ketones (excluding diaryl/α,β-unsaturated/α-hetero) is 2. The molecule has 1 fully saturated rings. The van der Waals surface area contributed by atoms with Gasteiger partial charge >= 0.3 is 0 Å². The fraction of sp³-hybridized carbons (Fsp3) is 0.500. The van der Waals surface area contributed by atoms with E-state index in [0.29, 0.717) is 17.7 Å². The third kappa shape index (κ3) is 1.95. The Bertz CT molecular complexity index is 588. The summed E-state index contributed by atoms with van der Waals surface area (Å²) in [5.74, 6) is -0.496. The van der Waals surface area contributed by atoms with Crippen LogP contribution in [0, 0.1) is 5.92 Å². The molecule has 1 unspecified atom stereocenters. The van der Waals surface area contributed by atoms with Gasteiger partial charge in [-0.1, -0.05) is 6.07 Å². The van der Waals surface area contributed by atoms with Crippen molar-refractivity contribution in [3.05, 3.63) is 29.3 Å². The number of carbonyl (C=O) groups excluding carboxylic acids is 2. The molecule has 1 aliphatic carbocycles. The standard InChI is InChI=1S/C16H18O4/c1-16(2)7-6-11-13(17)14(18)12-8-9(19-3)4-5-10(12)15(11)20-16/h4-5,8,11,15H,6-7H2,1-3H3/t11-,15?/m1/s1. The quantitative estimate of drug-likeness (QED) is 0.739. The molecule has 1 saturated heterocycles. The smallest absolute Gasteiger partial charge is 0.229 e. The maximum absolute atomic E-state index is 12.3. The second kappa shape index (κ2) is 4.42. The summed E-state index contributed by atoms with van der Waals surface area (Å²) in [6.45, 7) is 4.04. The van der Waals surface area contributed by atoms with Gasteiger partial charge in [-0.2, -0.15) is 0 Å². The van der Waals surface area contributed by atoms with Gasteiger partial charge in [-0.25, -0.2) is 0 Å². The second-order valence-electron chi connectivity index (χ2n) is 6.09. The molecule has 106 valence electrons. The Morgan fingerprint density at radius 1 is 1.30 bits per heavy atom. The first-order valence-electron chi connectivity index (χ1n) is 6.87. The minimum absolute atomic E-state index is 0.265. The number of fused-ring (bicyclic) bond motifs is 3. The van der Waals surface area contributed by atoms with Gasteiger partial charge in [0.2, 0.25) is 11.6 Å². The molecule has 2 atom stereocenters. The van der Waals surface area contributed by atoms with Gasteiger partial charge in [0.1, 0.15) is 5.75 Å². The lowest BCUT2D eigenvalue weighted by Gasteiger charge is -2.43. The average molecular weight is 274 g/mol. The average Bonchev–Trinajstić information content (AvgIpc) is 2.43. The van der Waals surface area contributed by atoms with Crippen LogP contribution in [0.4, 0.5) is 0 Å². The largest absolute Gasteiger partial charge is 0.497 e. The van der Waals surface area contributed by atoms with E-state index in [-0.39, 0.29) is 23.4 Å². The molecule has 0 bridgehead atoms. The Kier molecular flexibility index (Phi) is 2.94. The summed E-state index contributed by atoms with van der Waals surface area (Å²) < 4.78 is 11.2. The number of ketones is 2. The van der Waals surface area contributed by atoms with Crippen molar-refractivity contribution in [1.29, 1.82) is 0 Å². The van der Waals surface area contributed by atoms with Crippen LogP contribution in [0.25, 0.3) is 0 Å². The van der Waals surface area contributed by atoms with Gasteiger partial charge in [-0.05, 0) is 44.4 Å². The molecule has 4 heteroatoms. The van der Waals surface area contributed by atoms with Crippen molar-refractivity contribution in [1.82, 2.24) is 0 Å². The van der Waals surface area contributed by atoms with Crippen LogP contribution in [0.15, 0.2) is 18.2 Å². The van der Waals surface area contributed by atoms with Crippen LogP contribution in [0.2, 0.25) is 0 Å². The summed E-state index contributed by atoms with van der Waals surface area (Å²) in [7, 11) is 1.54. The molecule has 0 radical (unpaired) electrons. The molecule has 0 aromatic heterocycles. The molecule has 20 heavy (non-hydrogen) atoms. The van der Waals surface area contributed by atoms with E-state index in [0.717, 1.165) is 12.0 Å². The van der Waals surface area contributed by atoms with Gasteiger partial charge in [0, 0.05) is 5.56 Å². The van der Waals surface area contributed by atoms with E-state index in [1.54, 1.807) is 13.2 Å². The lowest BCUT2D eigenvalue weighted by Crippen LogP contribution is -2.44. The summed E-state index contributed by atoms with van der Waals surface area (Å²) in [6.07, 6.45) is 1.18. The van der Waals surface area contributed by atoms with E-state index >= 15 is 0 Å². The molecule has 1 aromatic carbocycles. The van der Waals surface area contributed by atoms with Crippen molar-refractivity contribution >= 4 is 11.6 Å². The first kappa shape index (κ1) is 13.3. The molecule has 2 aliphatic rings. The summed E-state index contributed by atoms with van der Waals surface area (Å²) in [5.41, 5.74) is 0.973. The van der Waals surface area contributed by atoms with Gasteiger partial charge in [-0.15, -0.1) is 0 Å². The zero-order chi connectivity index (χ0) is 14.5. The Balaban J connectivity index is 2.10. The minimum Gasteiger partial charge on any atom is -0.497 e. The predicted octanol–water partition coefficient (Wildman–Crippen LogP) is 2.71. The summed E-state index contributed by atoms with van der Waals surface area (Å²) in [5, 5.41) is 0. The number of rotatable bonds is 1. The number of benzene rings is 1. The molecular weight excluding hydrogens is 256 g/mol. The Morgan fingerprint density at radius 2 is 2.05 bits per heavy atom. The highest BCUT2D eigenvalue weighted by atomic mass is 16.5. The van der Waals surface area contributed by atoms with Crippen molar-refractivity contribution in [2.75, 3.05) is 7.11 Å². The van der Waals surface area contributed by atoms with Crippen molar-refractivity contribution in [3.8, 4) is 5.75 Å². The first-order valence-corrected chi connectivity index (χ1v) is 6.87. The number of hydrogen-bond donors (Lipinski definition) is 0. The highest BCUT2D eigenvalue weighted by Gasteiger charge is 2.47. The summed E-state index contributed by atoms with van der Waals surface area (Å²) in [4.78, 5) is 24.5. The summed E-state index contributed by atoms with van der Waals surface area (Å²) in [6, 6.07) is 5.29. The number of carbonyl (C=O) groups is 2. The van der Waals surface area contributed by atoms with E-state index in [2.05, 4.69) is 0 Å². The fourth-order valence-electron chi connectivity index (χ4n) is 3.10. The number of methoxy groups -OCH3 is 1. The van der Waals surface area contributed by atoms with Crippen molar-refractivity contribution in [3.63, 3.8) is 0 Å². The Morgan fingerprint density at radius 3 is 2.75 bits per heavy atom. The predicted molar refractivity (Wildman–Crippen MR) is 73.0 cm³/mol. The molecule has 3 rings (SSSR count). The molecule has 0 amide bonds. The molecule has 1 aromatic rings. The second-order valence-corrected chi connectivity index (χ2v) is 6.09. The Hall–Kier alpha value is -1.68. The molecule has 0 saturated carbocycles. The van der Waals surface area contributed by atoms with Crippen LogP contribution in [0.1, 0.15) is 48.7 Å². The van der Waals surface area contributed by atoms with Crippen LogP contribution in [-0.4, -0.2) is 24.3 Å². The molecule has 0 N–H and O–H groups in total. The van der Waals surface area contributed by atoms with E-state index in [1.807, 2.05) is 26.0 Å². The molecular formula is C16H18O4. The van der Waals surface area contributed by atoms with Gasteiger partial charge < -0.3 is 9.47 Å². The maximum atomic E-state index is 12.3. The van der Waals surface area contributed by atoms with Crippen LogP contribution in [0.5, 0.6) is 5.75 Å². The minimum atomic E-state index is -0.413. The highest BCUT2D eigenvalue weighted by molar-refractivity contribution is 6.45. The molecule has 0 spiro atoms. The third-order valence-electron chi connectivity index (χ3n) is 4.24. The molecule has 1 aliphatic heterocycles. The maximum Gasteiger partial charge on any atom is 0.229 e. The first-order chi connectivity index (χ1) is 9.43. The summed E-state index contributed by atoms with van der Waals surface area (Å²) >= 11 is 0. The van der Waals surface area contributed by atoms with Crippen LogP contribution < -0.4 is 4.74 Å². The molecule has 4 nitrogen and oxygen atoms in total. The monoisotopic (exact) mass is 274 g/mol. The number of hydrogen-bond acceptors (Lipinski definition) is 4. The van der Waals surface area contributed by atoms with Gasteiger partial charge in [0.05, 0.1) is 24.7 Å².